The predicted molar refractivity (Wildman–Crippen MR) is 69.7 cm³/mol. The van der Waals surface area contributed by atoms with Gasteiger partial charge in [-0.2, -0.15) is 0 Å². The van der Waals surface area contributed by atoms with E-state index in [0.29, 0.717) is 12.2 Å². The lowest BCUT2D eigenvalue weighted by Gasteiger charge is -2.21. The molecule has 3 rings (SSSR count). The molecule has 1 aliphatic heterocycles. The van der Waals surface area contributed by atoms with Gasteiger partial charge in [0.15, 0.2) is 5.78 Å². The minimum absolute atomic E-state index is 0.0629. The lowest BCUT2D eigenvalue weighted by Crippen LogP contribution is -2.28. The molecule has 2 heterocycles. The van der Waals surface area contributed by atoms with Crippen LogP contribution in [0.5, 0.6) is 0 Å². The van der Waals surface area contributed by atoms with Crippen molar-refractivity contribution in [3.8, 4) is 0 Å². The number of fused-ring (bicyclic) bond motifs is 1. The van der Waals surface area contributed by atoms with E-state index in [4.69, 9.17) is 4.74 Å². The molecular formula is C15H15NO2. The van der Waals surface area contributed by atoms with E-state index in [1.54, 1.807) is 6.20 Å². The summed E-state index contributed by atoms with van der Waals surface area (Å²) in [5, 5.41) is 0.999. The Balaban J connectivity index is 1.91. The number of Topliss-reactive ketones (excluding diaryl/α,β-unsaturated/α-hetero) is 1. The number of ether oxygens (including phenoxy) is 1. The molecule has 1 aliphatic rings. The Hall–Kier alpha value is -1.74. The van der Waals surface area contributed by atoms with Crippen molar-refractivity contribution in [2.45, 2.75) is 25.4 Å². The summed E-state index contributed by atoms with van der Waals surface area (Å²) in [6.07, 6.45) is 4.33. The molecule has 1 aromatic carbocycles. The molecule has 1 unspecified atom stereocenters. The first-order valence-corrected chi connectivity index (χ1v) is 6.35. The SMILES string of the molecule is O=C(c1cnc2ccccc2c1)C1CCCCO1. The highest BCUT2D eigenvalue weighted by atomic mass is 16.5. The molecule has 3 nitrogen and oxygen atoms in total. The maximum Gasteiger partial charge on any atom is 0.193 e. The Morgan fingerprint density at radius 3 is 3.00 bits per heavy atom. The monoisotopic (exact) mass is 241 g/mol. The average Bonchev–Trinajstić information content (AvgIpc) is 2.47. The van der Waals surface area contributed by atoms with Crippen LogP contribution in [0.2, 0.25) is 0 Å². The predicted octanol–water partition coefficient (Wildman–Crippen LogP) is 2.99. The van der Waals surface area contributed by atoms with Crippen LogP contribution in [0.4, 0.5) is 0 Å². The number of hydrogen-bond acceptors (Lipinski definition) is 3. The molecule has 1 fully saturated rings. The van der Waals surface area contributed by atoms with E-state index in [2.05, 4.69) is 4.98 Å². The van der Waals surface area contributed by atoms with E-state index in [0.717, 1.165) is 30.2 Å². The van der Waals surface area contributed by atoms with E-state index in [1.807, 2.05) is 30.3 Å². The number of para-hydroxylation sites is 1. The van der Waals surface area contributed by atoms with Crippen LogP contribution in [-0.2, 0) is 4.74 Å². The van der Waals surface area contributed by atoms with Gasteiger partial charge in [-0.05, 0) is 31.4 Å². The van der Waals surface area contributed by atoms with E-state index < -0.39 is 0 Å². The molecule has 0 saturated carbocycles. The van der Waals surface area contributed by atoms with Gasteiger partial charge in [-0.15, -0.1) is 0 Å². The average molecular weight is 241 g/mol. The van der Waals surface area contributed by atoms with Gasteiger partial charge in [0.2, 0.25) is 0 Å². The Labute approximate surface area is 106 Å². The molecule has 2 aromatic rings. The third-order valence-corrected chi connectivity index (χ3v) is 3.35. The number of ketones is 1. The molecule has 0 radical (unpaired) electrons. The molecule has 0 spiro atoms. The zero-order chi connectivity index (χ0) is 12.4. The zero-order valence-electron chi connectivity index (χ0n) is 10.1. The van der Waals surface area contributed by atoms with Crippen LogP contribution in [0.1, 0.15) is 29.6 Å². The van der Waals surface area contributed by atoms with Crippen molar-refractivity contribution in [1.82, 2.24) is 4.98 Å². The second kappa shape index (κ2) is 4.86. The molecule has 0 bridgehead atoms. The summed E-state index contributed by atoms with van der Waals surface area (Å²) >= 11 is 0. The maximum absolute atomic E-state index is 12.3. The normalized spacial score (nSPS) is 19.9. The highest BCUT2D eigenvalue weighted by molar-refractivity contribution is 6.01. The summed E-state index contributed by atoms with van der Waals surface area (Å²) in [6.45, 7) is 0.692. The Bertz CT molecular complexity index is 573. The molecule has 1 saturated heterocycles. The molecule has 18 heavy (non-hydrogen) atoms. The fourth-order valence-corrected chi connectivity index (χ4v) is 2.34. The van der Waals surface area contributed by atoms with Gasteiger partial charge in [0, 0.05) is 23.8 Å². The summed E-state index contributed by atoms with van der Waals surface area (Å²) in [5.41, 5.74) is 1.57. The number of aromatic nitrogens is 1. The minimum atomic E-state index is -0.276. The topological polar surface area (TPSA) is 39.2 Å². The van der Waals surface area contributed by atoms with Crippen LogP contribution in [0, 0.1) is 0 Å². The molecule has 0 aliphatic carbocycles. The fourth-order valence-electron chi connectivity index (χ4n) is 2.34. The van der Waals surface area contributed by atoms with Gasteiger partial charge in [0.05, 0.1) is 5.52 Å². The summed E-state index contributed by atoms with van der Waals surface area (Å²) in [5.74, 6) is 0.0629. The number of pyridine rings is 1. The third kappa shape index (κ3) is 2.14. The highest BCUT2D eigenvalue weighted by Gasteiger charge is 2.23. The second-order valence-corrected chi connectivity index (χ2v) is 4.64. The summed E-state index contributed by atoms with van der Waals surface area (Å²) in [7, 11) is 0. The number of carbonyl (C=O) groups excluding carboxylic acids is 1. The number of carbonyl (C=O) groups is 1. The van der Waals surface area contributed by atoms with Crippen molar-refractivity contribution < 1.29 is 9.53 Å². The lowest BCUT2D eigenvalue weighted by atomic mass is 10.00. The van der Waals surface area contributed by atoms with E-state index in [1.165, 1.54) is 0 Å². The number of rotatable bonds is 2. The van der Waals surface area contributed by atoms with Crippen molar-refractivity contribution >= 4 is 16.7 Å². The Morgan fingerprint density at radius 2 is 2.17 bits per heavy atom. The van der Waals surface area contributed by atoms with Gasteiger partial charge in [0.1, 0.15) is 6.10 Å². The molecular weight excluding hydrogens is 226 g/mol. The van der Waals surface area contributed by atoms with Crippen molar-refractivity contribution in [2.75, 3.05) is 6.61 Å². The van der Waals surface area contributed by atoms with Gasteiger partial charge < -0.3 is 4.74 Å². The van der Waals surface area contributed by atoms with Crippen LogP contribution in [0.3, 0.4) is 0 Å². The van der Waals surface area contributed by atoms with Gasteiger partial charge in [0.25, 0.3) is 0 Å². The van der Waals surface area contributed by atoms with Gasteiger partial charge in [-0.3, -0.25) is 9.78 Å². The van der Waals surface area contributed by atoms with Crippen molar-refractivity contribution in [1.29, 1.82) is 0 Å². The molecule has 0 amide bonds. The lowest BCUT2D eigenvalue weighted by molar-refractivity contribution is 0.0186. The van der Waals surface area contributed by atoms with Crippen LogP contribution >= 0.6 is 0 Å². The zero-order valence-corrected chi connectivity index (χ0v) is 10.1. The first-order valence-electron chi connectivity index (χ1n) is 6.35. The van der Waals surface area contributed by atoms with Crippen LogP contribution < -0.4 is 0 Å². The highest BCUT2D eigenvalue weighted by Crippen LogP contribution is 2.19. The van der Waals surface area contributed by atoms with Crippen molar-refractivity contribution in [3.05, 3.63) is 42.1 Å². The van der Waals surface area contributed by atoms with E-state index >= 15 is 0 Å². The Morgan fingerprint density at radius 1 is 1.28 bits per heavy atom. The molecule has 1 atom stereocenters. The molecule has 92 valence electrons. The first kappa shape index (κ1) is 11.4. The maximum atomic E-state index is 12.3. The smallest absolute Gasteiger partial charge is 0.193 e. The Kier molecular flexibility index (Phi) is 3.07. The summed E-state index contributed by atoms with van der Waals surface area (Å²) < 4.78 is 5.53. The third-order valence-electron chi connectivity index (χ3n) is 3.35. The number of benzene rings is 1. The molecule has 3 heteroatoms. The second-order valence-electron chi connectivity index (χ2n) is 4.64. The number of hydrogen-bond donors (Lipinski definition) is 0. The summed E-state index contributed by atoms with van der Waals surface area (Å²) in [6, 6.07) is 9.72. The van der Waals surface area contributed by atoms with Gasteiger partial charge in [-0.1, -0.05) is 18.2 Å². The summed E-state index contributed by atoms with van der Waals surface area (Å²) in [4.78, 5) is 16.6. The molecule has 0 N–H and O–H groups in total. The number of nitrogens with zero attached hydrogens (tertiary/aromatic N) is 1. The van der Waals surface area contributed by atoms with Crippen LogP contribution in [0.15, 0.2) is 36.5 Å². The van der Waals surface area contributed by atoms with Crippen molar-refractivity contribution in [3.63, 3.8) is 0 Å². The van der Waals surface area contributed by atoms with Crippen molar-refractivity contribution in [2.24, 2.45) is 0 Å². The van der Waals surface area contributed by atoms with Crippen LogP contribution in [-0.4, -0.2) is 23.5 Å². The standard InChI is InChI=1S/C15H15NO2/c17-15(14-7-3-4-8-18-14)12-9-11-5-1-2-6-13(11)16-10-12/h1-2,5-6,9-10,14H,3-4,7-8H2. The molecule has 1 aromatic heterocycles. The minimum Gasteiger partial charge on any atom is -0.370 e. The van der Waals surface area contributed by atoms with Gasteiger partial charge >= 0.3 is 0 Å². The van der Waals surface area contributed by atoms with E-state index in [9.17, 15) is 4.79 Å². The van der Waals surface area contributed by atoms with E-state index in [-0.39, 0.29) is 11.9 Å². The van der Waals surface area contributed by atoms with Gasteiger partial charge in [-0.25, -0.2) is 0 Å². The first-order chi connectivity index (χ1) is 8.84. The van der Waals surface area contributed by atoms with Crippen LogP contribution in [0.25, 0.3) is 10.9 Å². The fraction of sp³-hybridized carbons (Fsp3) is 0.333. The largest absolute Gasteiger partial charge is 0.370 e. The quantitative estimate of drug-likeness (QED) is 0.759.